The Morgan fingerprint density at radius 2 is 1.74 bits per heavy atom. The number of ether oxygens (including phenoxy) is 1. The molecule has 0 unspecified atom stereocenters. The van der Waals surface area contributed by atoms with Crippen molar-refractivity contribution in [1.29, 1.82) is 0 Å². The van der Waals surface area contributed by atoms with Gasteiger partial charge in [0, 0.05) is 5.39 Å². The predicted octanol–water partition coefficient (Wildman–Crippen LogP) is 5.60. The maximum Gasteiger partial charge on any atom is 0.387 e. The number of rotatable bonds is 5. The molecule has 3 rings (SSSR count). The Hall–Kier alpha value is -3.02. The minimum absolute atomic E-state index is 0.118. The average Bonchev–Trinajstić information content (AvgIpc) is 2.61. The molecule has 0 aliphatic heterocycles. The van der Waals surface area contributed by atoms with E-state index in [2.05, 4.69) is 39.3 Å². The van der Waals surface area contributed by atoms with E-state index in [-0.39, 0.29) is 5.75 Å². The average molecular weight is 369 g/mol. The van der Waals surface area contributed by atoms with E-state index in [4.69, 9.17) is 0 Å². The van der Waals surface area contributed by atoms with Gasteiger partial charge in [-0.3, -0.25) is 5.43 Å². The molecule has 0 aliphatic carbocycles. The second-order valence-electron chi connectivity index (χ2n) is 6.51. The molecule has 0 spiro atoms. The van der Waals surface area contributed by atoms with Crippen molar-refractivity contribution >= 4 is 22.4 Å². The van der Waals surface area contributed by atoms with Crippen LogP contribution in [0, 0.1) is 20.8 Å². The first-order valence-electron chi connectivity index (χ1n) is 8.57. The van der Waals surface area contributed by atoms with Crippen molar-refractivity contribution in [3.05, 3.63) is 64.7 Å². The molecule has 0 saturated carbocycles. The highest BCUT2D eigenvalue weighted by Crippen LogP contribution is 2.24. The number of benzene rings is 2. The molecule has 27 heavy (non-hydrogen) atoms. The minimum atomic E-state index is -2.83. The van der Waals surface area contributed by atoms with Crippen LogP contribution in [0.1, 0.15) is 29.2 Å². The predicted molar refractivity (Wildman–Crippen MR) is 105 cm³/mol. The van der Waals surface area contributed by atoms with Crippen molar-refractivity contribution in [3.63, 3.8) is 0 Å². The maximum absolute atomic E-state index is 12.2. The number of aryl methyl sites for hydroxylation is 3. The summed E-state index contributed by atoms with van der Waals surface area (Å²) in [4.78, 5) is 4.67. The molecule has 4 nitrogen and oxygen atoms in total. The largest absolute Gasteiger partial charge is 0.435 e. The highest BCUT2D eigenvalue weighted by molar-refractivity contribution is 5.99. The van der Waals surface area contributed by atoms with Crippen LogP contribution in [0.2, 0.25) is 0 Å². The zero-order valence-electron chi connectivity index (χ0n) is 15.7. The molecule has 1 aromatic heterocycles. The zero-order chi connectivity index (χ0) is 19.6. The molecule has 0 atom stereocenters. The van der Waals surface area contributed by atoms with Gasteiger partial charge in [0.2, 0.25) is 0 Å². The van der Waals surface area contributed by atoms with E-state index in [0.717, 1.165) is 27.6 Å². The summed E-state index contributed by atoms with van der Waals surface area (Å²) in [5, 5.41) is 5.50. The van der Waals surface area contributed by atoms with Crippen LogP contribution < -0.4 is 10.2 Å². The van der Waals surface area contributed by atoms with Gasteiger partial charge >= 0.3 is 6.61 Å². The zero-order valence-corrected chi connectivity index (χ0v) is 15.7. The van der Waals surface area contributed by atoms with Crippen molar-refractivity contribution in [1.82, 2.24) is 4.98 Å². The van der Waals surface area contributed by atoms with E-state index in [1.807, 2.05) is 26.8 Å². The molecule has 3 aromatic rings. The van der Waals surface area contributed by atoms with E-state index < -0.39 is 6.61 Å². The van der Waals surface area contributed by atoms with E-state index in [9.17, 15) is 8.78 Å². The topological polar surface area (TPSA) is 46.5 Å². The van der Waals surface area contributed by atoms with E-state index >= 15 is 0 Å². The molecule has 0 radical (unpaired) electrons. The fraction of sp³-hybridized carbons (Fsp3) is 0.238. The second kappa shape index (κ2) is 7.70. The molecule has 0 fully saturated rings. The first-order valence-corrected chi connectivity index (χ1v) is 8.57. The fourth-order valence-electron chi connectivity index (χ4n) is 2.99. The molecule has 1 heterocycles. The maximum atomic E-state index is 12.2. The SMILES string of the molecule is CC(=NNc1cc(C)c2cc(C)cc(C)c2n1)c1ccc(OC(F)F)cc1. The number of hydrogen-bond acceptors (Lipinski definition) is 4. The van der Waals surface area contributed by atoms with Crippen LogP contribution in [0.3, 0.4) is 0 Å². The number of anilines is 1. The summed E-state index contributed by atoms with van der Waals surface area (Å²) in [6.07, 6.45) is 0. The van der Waals surface area contributed by atoms with E-state index in [1.165, 1.54) is 17.7 Å². The molecule has 140 valence electrons. The van der Waals surface area contributed by atoms with Crippen LogP contribution in [0.15, 0.2) is 47.6 Å². The van der Waals surface area contributed by atoms with Crippen LogP contribution in [0.25, 0.3) is 10.9 Å². The number of fused-ring (bicyclic) bond motifs is 1. The second-order valence-corrected chi connectivity index (χ2v) is 6.51. The van der Waals surface area contributed by atoms with Crippen molar-refractivity contribution in [2.45, 2.75) is 34.3 Å². The number of pyridine rings is 1. The Labute approximate surface area is 156 Å². The number of halogens is 2. The summed E-state index contributed by atoms with van der Waals surface area (Å²) in [5.74, 6) is 0.774. The molecular weight excluding hydrogens is 348 g/mol. The van der Waals surface area contributed by atoms with Gasteiger partial charge in [-0.1, -0.05) is 11.6 Å². The first kappa shape index (κ1) is 18.8. The number of nitrogens with zero attached hydrogens (tertiary/aromatic N) is 2. The Kier molecular flexibility index (Phi) is 5.35. The summed E-state index contributed by atoms with van der Waals surface area (Å²) in [7, 11) is 0. The molecule has 0 aliphatic rings. The van der Waals surface area contributed by atoms with Crippen molar-refractivity contribution in [3.8, 4) is 5.75 Å². The third-order valence-electron chi connectivity index (χ3n) is 4.29. The van der Waals surface area contributed by atoms with Crippen LogP contribution in [-0.2, 0) is 0 Å². The summed E-state index contributed by atoms with van der Waals surface area (Å²) in [6.45, 7) is 5.17. The highest BCUT2D eigenvalue weighted by Gasteiger charge is 2.07. The number of aromatic nitrogens is 1. The Balaban J connectivity index is 1.82. The molecule has 6 heteroatoms. The van der Waals surface area contributed by atoms with E-state index in [1.54, 1.807) is 12.1 Å². The lowest BCUT2D eigenvalue weighted by molar-refractivity contribution is -0.0498. The molecule has 0 saturated heterocycles. The van der Waals surface area contributed by atoms with E-state index in [0.29, 0.717) is 11.5 Å². The molecular formula is C21H21F2N3O. The summed E-state index contributed by atoms with van der Waals surface area (Å²) >= 11 is 0. The van der Waals surface area contributed by atoms with Gasteiger partial charge in [-0.2, -0.15) is 13.9 Å². The lowest BCUT2D eigenvalue weighted by Crippen LogP contribution is -2.04. The van der Waals surface area contributed by atoms with Gasteiger partial charge in [0.1, 0.15) is 11.6 Å². The Morgan fingerprint density at radius 1 is 1.04 bits per heavy atom. The van der Waals surface area contributed by atoms with Gasteiger partial charge in [-0.05, 0) is 80.8 Å². The minimum Gasteiger partial charge on any atom is -0.435 e. The summed E-state index contributed by atoms with van der Waals surface area (Å²) < 4.78 is 28.8. The van der Waals surface area contributed by atoms with Crippen LogP contribution in [-0.4, -0.2) is 17.3 Å². The molecule has 2 aromatic carbocycles. The first-order chi connectivity index (χ1) is 12.8. The smallest absolute Gasteiger partial charge is 0.387 e. The molecule has 1 N–H and O–H groups in total. The van der Waals surface area contributed by atoms with Gasteiger partial charge < -0.3 is 4.74 Å². The van der Waals surface area contributed by atoms with Crippen molar-refractivity contribution in [2.75, 3.05) is 5.43 Å². The summed E-state index contributed by atoms with van der Waals surface area (Å²) in [6, 6.07) is 12.5. The lowest BCUT2D eigenvalue weighted by atomic mass is 10.0. The van der Waals surface area contributed by atoms with Crippen molar-refractivity contribution in [2.24, 2.45) is 5.10 Å². The summed E-state index contributed by atoms with van der Waals surface area (Å²) in [5.41, 5.74) is 8.89. The normalized spacial score (nSPS) is 11.9. The quantitative estimate of drug-likeness (QED) is 0.470. The Morgan fingerprint density at radius 3 is 2.41 bits per heavy atom. The van der Waals surface area contributed by atoms with Gasteiger partial charge in [0.05, 0.1) is 11.2 Å². The number of hydrogen-bond donors (Lipinski definition) is 1. The lowest BCUT2D eigenvalue weighted by Gasteiger charge is -2.10. The van der Waals surface area contributed by atoms with Gasteiger partial charge in [-0.25, -0.2) is 4.98 Å². The van der Waals surface area contributed by atoms with Crippen LogP contribution >= 0.6 is 0 Å². The third-order valence-corrected chi connectivity index (χ3v) is 4.29. The van der Waals surface area contributed by atoms with Gasteiger partial charge in [-0.15, -0.1) is 0 Å². The van der Waals surface area contributed by atoms with Crippen molar-refractivity contribution < 1.29 is 13.5 Å². The number of hydrazone groups is 1. The molecule has 0 bridgehead atoms. The number of nitrogens with one attached hydrogen (secondary N) is 1. The van der Waals surface area contributed by atoms with Crippen LogP contribution in [0.4, 0.5) is 14.6 Å². The molecule has 0 amide bonds. The van der Waals surface area contributed by atoms with Crippen LogP contribution in [0.5, 0.6) is 5.75 Å². The highest BCUT2D eigenvalue weighted by atomic mass is 19.3. The van der Waals surface area contributed by atoms with Gasteiger partial charge in [0.15, 0.2) is 0 Å². The third kappa shape index (κ3) is 4.39. The monoisotopic (exact) mass is 369 g/mol. The number of alkyl halides is 2. The Bertz CT molecular complexity index is 998. The van der Waals surface area contributed by atoms with Gasteiger partial charge in [0.25, 0.3) is 0 Å². The fourth-order valence-corrected chi connectivity index (χ4v) is 2.99. The standard InChI is InChI=1S/C21H21F2N3O/c1-12-9-14(3)20-18(10-12)13(2)11-19(24-20)26-25-15(4)16-5-7-17(8-6-16)27-21(22)23/h5-11,21H,1-4H3,(H,24,26).